The fraction of sp³-hybridized carbons (Fsp3) is 0.273. The molecule has 0 spiro atoms. The number of carbonyl (C=O) groups is 2. The van der Waals surface area contributed by atoms with Crippen molar-refractivity contribution in [1.29, 1.82) is 0 Å². The van der Waals surface area contributed by atoms with Gasteiger partial charge in [-0.3, -0.25) is 4.79 Å². The monoisotopic (exact) mass is 278 g/mol. The Hall–Kier alpha value is -1.13. The van der Waals surface area contributed by atoms with Crippen molar-refractivity contribution in [3.63, 3.8) is 0 Å². The van der Waals surface area contributed by atoms with Crippen LogP contribution in [-0.2, 0) is 9.53 Å². The molecule has 1 unspecified atom stereocenters. The Morgan fingerprint density at radius 2 is 2.00 bits per heavy atom. The molecule has 0 heterocycles. The molecule has 0 radical (unpaired) electrons. The number of hydrogen-bond acceptors (Lipinski definition) is 3. The molecular weight excluding hydrogens is 270 g/mol. The quantitative estimate of drug-likeness (QED) is 0.483. The Labute approximate surface area is 107 Å². The summed E-state index contributed by atoms with van der Waals surface area (Å²) in [6, 6.07) is 3.86. The lowest BCUT2D eigenvalue weighted by Crippen LogP contribution is -2.27. The topological polar surface area (TPSA) is 43.4 Å². The Balaban J connectivity index is 2.89. The highest BCUT2D eigenvalue weighted by molar-refractivity contribution is 6.42. The van der Waals surface area contributed by atoms with Crippen LogP contribution in [0.1, 0.15) is 17.3 Å². The predicted molar refractivity (Wildman–Crippen MR) is 62.3 cm³/mol. The molecule has 0 aromatic heterocycles. The molecule has 1 atom stereocenters. The van der Waals surface area contributed by atoms with Gasteiger partial charge in [-0.1, -0.05) is 23.2 Å². The Kier molecular flexibility index (Phi) is 4.90. The summed E-state index contributed by atoms with van der Waals surface area (Å²) in [5, 5.41) is 0.364. The first-order valence-corrected chi connectivity index (χ1v) is 5.53. The molecule has 0 amide bonds. The van der Waals surface area contributed by atoms with Crippen molar-refractivity contribution >= 4 is 35.0 Å². The summed E-state index contributed by atoms with van der Waals surface area (Å²) in [7, 11) is 0. The molecular formula is C11H9Cl2FO3. The molecule has 0 aliphatic heterocycles. The normalized spacial score (nSPS) is 12.0. The van der Waals surface area contributed by atoms with Gasteiger partial charge >= 0.3 is 5.97 Å². The van der Waals surface area contributed by atoms with E-state index < -0.39 is 17.9 Å². The van der Waals surface area contributed by atoms with E-state index in [-0.39, 0.29) is 22.2 Å². The van der Waals surface area contributed by atoms with Crippen molar-refractivity contribution < 1.29 is 18.7 Å². The highest BCUT2D eigenvalue weighted by atomic mass is 35.5. The molecule has 1 aromatic rings. The lowest BCUT2D eigenvalue weighted by Gasteiger charge is -2.07. The van der Waals surface area contributed by atoms with Crippen molar-refractivity contribution in [1.82, 2.24) is 0 Å². The summed E-state index contributed by atoms with van der Waals surface area (Å²) in [6.45, 7) is 1.53. The van der Waals surface area contributed by atoms with Crippen LogP contribution in [0.25, 0.3) is 0 Å². The first-order chi connectivity index (χ1) is 7.97. The number of carbonyl (C=O) groups excluding carboxylic acids is 2. The smallest absolute Gasteiger partial charge is 0.348 e. The van der Waals surface area contributed by atoms with Crippen LogP contribution in [0.4, 0.5) is 4.39 Å². The summed E-state index contributed by atoms with van der Waals surface area (Å²) >= 11 is 11.3. The molecule has 1 rings (SSSR count). The molecule has 1 aromatic carbocycles. The van der Waals surface area contributed by atoms with Gasteiger partial charge in [0.05, 0.1) is 16.7 Å². The van der Waals surface area contributed by atoms with Crippen molar-refractivity contribution in [3.05, 3.63) is 33.8 Å². The molecule has 6 heteroatoms. The number of Topliss-reactive ketones (excluding diaryl/α,β-unsaturated/α-hetero) is 1. The summed E-state index contributed by atoms with van der Waals surface area (Å²) in [5.41, 5.74) is -0.0278. The summed E-state index contributed by atoms with van der Waals surface area (Å²) in [5.74, 6) is -2.20. The van der Waals surface area contributed by atoms with Crippen LogP contribution in [0.15, 0.2) is 18.2 Å². The van der Waals surface area contributed by atoms with E-state index in [1.165, 1.54) is 25.1 Å². The van der Waals surface area contributed by atoms with Crippen LogP contribution >= 0.6 is 23.2 Å². The zero-order valence-corrected chi connectivity index (χ0v) is 10.4. The van der Waals surface area contributed by atoms with Gasteiger partial charge in [-0.25, -0.2) is 9.18 Å². The molecule has 0 saturated heterocycles. The van der Waals surface area contributed by atoms with Gasteiger partial charge in [0.15, 0.2) is 0 Å². The van der Waals surface area contributed by atoms with Crippen LogP contribution in [-0.4, -0.2) is 24.5 Å². The minimum absolute atomic E-state index is 0.00784. The van der Waals surface area contributed by atoms with Gasteiger partial charge in [0.1, 0.15) is 0 Å². The molecule has 17 heavy (non-hydrogen) atoms. The number of ether oxygens (including phenoxy) is 1. The summed E-state index contributed by atoms with van der Waals surface area (Å²) < 4.78 is 17.8. The van der Waals surface area contributed by atoms with Crippen molar-refractivity contribution in [3.8, 4) is 0 Å². The van der Waals surface area contributed by atoms with Gasteiger partial charge in [0.2, 0.25) is 5.78 Å². The third kappa shape index (κ3) is 3.41. The third-order valence-electron chi connectivity index (χ3n) is 1.93. The van der Waals surface area contributed by atoms with Crippen LogP contribution < -0.4 is 0 Å². The van der Waals surface area contributed by atoms with Crippen LogP contribution in [0, 0.1) is 0 Å². The third-order valence-corrected chi connectivity index (χ3v) is 2.67. The van der Waals surface area contributed by atoms with Crippen molar-refractivity contribution in [2.75, 3.05) is 6.61 Å². The van der Waals surface area contributed by atoms with Gasteiger partial charge in [0, 0.05) is 5.56 Å². The van der Waals surface area contributed by atoms with E-state index in [1.807, 2.05) is 0 Å². The highest BCUT2D eigenvalue weighted by Gasteiger charge is 2.28. The number of benzene rings is 1. The number of alkyl halides is 1. The van der Waals surface area contributed by atoms with Gasteiger partial charge in [-0.15, -0.1) is 0 Å². The van der Waals surface area contributed by atoms with E-state index in [2.05, 4.69) is 4.74 Å². The van der Waals surface area contributed by atoms with E-state index in [0.29, 0.717) is 0 Å². The zero-order chi connectivity index (χ0) is 13.0. The second-order valence-corrected chi connectivity index (χ2v) is 3.92. The van der Waals surface area contributed by atoms with E-state index in [1.54, 1.807) is 0 Å². The maximum Gasteiger partial charge on any atom is 0.348 e. The van der Waals surface area contributed by atoms with E-state index in [4.69, 9.17) is 23.2 Å². The average Bonchev–Trinajstić information content (AvgIpc) is 2.31. The lowest BCUT2D eigenvalue weighted by atomic mass is 10.1. The van der Waals surface area contributed by atoms with E-state index in [0.717, 1.165) is 0 Å². The maximum absolute atomic E-state index is 13.4. The number of rotatable bonds is 4. The Bertz CT molecular complexity index is 448. The van der Waals surface area contributed by atoms with Crippen molar-refractivity contribution in [2.24, 2.45) is 0 Å². The van der Waals surface area contributed by atoms with Gasteiger partial charge < -0.3 is 4.74 Å². The second kappa shape index (κ2) is 5.98. The Morgan fingerprint density at radius 1 is 1.35 bits per heavy atom. The fourth-order valence-corrected chi connectivity index (χ4v) is 1.42. The van der Waals surface area contributed by atoms with E-state index >= 15 is 0 Å². The number of ketones is 1. The maximum atomic E-state index is 13.4. The minimum Gasteiger partial charge on any atom is -0.463 e. The molecule has 92 valence electrons. The first kappa shape index (κ1) is 13.9. The molecule has 0 aliphatic rings. The fourth-order valence-electron chi connectivity index (χ4n) is 1.12. The predicted octanol–water partition coefficient (Wildman–Crippen LogP) is 3.08. The summed E-state index contributed by atoms with van der Waals surface area (Å²) in [4.78, 5) is 22.6. The molecule has 3 nitrogen and oxygen atoms in total. The van der Waals surface area contributed by atoms with Crippen LogP contribution in [0.3, 0.4) is 0 Å². The van der Waals surface area contributed by atoms with E-state index in [9.17, 15) is 14.0 Å². The molecule has 0 bridgehead atoms. The Morgan fingerprint density at radius 3 is 2.53 bits per heavy atom. The molecule has 0 fully saturated rings. The SMILES string of the molecule is CCOC(=O)C(F)C(=O)c1ccc(Cl)c(Cl)c1. The average molecular weight is 279 g/mol. The number of hydrogen-bond donors (Lipinski definition) is 0. The zero-order valence-electron chi connectivity index (χ0n) is 8.88. The lowest BCUT2D eigenvalue weighted by molar-refractivity contribution is -0.147. The summed E-state index contributed by atoms with van der Waals surface area (Å²) in [6.07, 6.45) is -2.34. The first-order valence-electron chi connectivity index (χ1n) is 4.77. The number of halogens is 3. The van der Waals surface area contributed by atoms with Crippen LogP contribution in [0.5, 0.6) is 0 Å². The highest BCUT2D eigenvalue weighted by Crippen LogP contribution is 2.23. The molecule has 0 aliphatic carbocycles. The second-order valence-electron chi connectivity index (χ2n) is 3.11. The van der Waals surface area contributed by atoms with Gasteiger partial charge in [-0.05, 0) is 25.1 Å². The van der Waals surface area contributed by atoms with Crippen LogP contribution in [0.2, 0.25) is 10.0 Å². The van der Waals surface area contributed by atoms with Gasteiger partial charge in [-0.2, -0.15) is 0 Å². The molecule has 0 saturated carbocycles. The minimum atomic E-state index is -2.34. The molecule has 0 N–H and O–H groups in total. The van der Waals surface area contributed by atoms with Gasteiger partial charge in [0.25, 0.3) is 6.17 Å². The standard InChI is InChI=1S/C11H9Cl2FO3/c1-2-17-11(16)9(14)10(15)6-3-4-7(12)8(13)5-6/h3-5,9H,2H2,1H3. The van der Waals surface area contributed by atoms with Crippen molar-refractivity contribution in [2.45, 2.75) is 13.1 Å². The largest absolute Gasteiger partial charge is 0.463 e. The number of esters is 1.